The fraction of sp³-hybridized carbons (Fsp3) is 0.700. The molecule has 3 nitrogen and oxygen atoms in total. The maximum absolute atomic E-state index is 5.84. The Morgan fingerprint density at radius 1 is 1.64 bits per heavy atom. The standard InChI is InChI=1S/C10H18ClN3/c1-9(11)4-3-5-12-6-10-7-13-14(2)8-10/h7-9,12H,3-6H2,1-2H3. The van der Waals surface area contributed by atoms with Gasteiger partial charge in [0.25, 0.3) is 0 Å². The van der Waals surface area contributed by atoms with Crippen molar-refractivity contribution in [2.75, 3.05) is 6.54 Å². The van der Waals surface area contributed by atoms with Crippen molar-refractivity contribution >= 4 is 11.6 Å². The Kier molecular flexibility index (Phi) is 4.98. The van der Waals surface area contributed by atoms with Gasteiger partial charge >= 0.3 is 0 Å². The van der Waals surface area contributed by atoms with Crippen molar-refractivity contribution in [2.24, 2.45) is 7.05 Å². The Labute approximate surface area is 90.4 Å². The molecule has 1 unspecified atom stereocenters. The van der Waals surface area contributed by atoms with Crippen LogP contribution < -0.4 is 5.32 Å². The Bertz CT molecular complexity index is 258. The van der Waals surface area contributed by atoms with E-state index in [2.05, 4.69) is 10.4 Å². The summed E-state index contributed by atoms with van der Waals surface area (Å²) in [6.07, 6.45) is 6.11. The summed E-state index contributed by atoms with van der Waals surface area (Å²) in [5, 5.41) is 7.74. The van der Waals surface area contributed by atoms with E-state index in [9.17, 15) is 0 Å². The largest absolute Gasteiger partial charge is 0.313 e. The fourth-order valence-electron chi connectivity index (χ4n) is 1.30. The summed E-state index contributed by atoms with van der Waals surface area (Å²) in [6.45, 7) is 3.94. The van der Waals surface area contributed by atoms with Gasteiger partial charge < -0.3 is 5.32 Å². The van der Waals surface area contributed by atoms with E-state index < -0.39 is 0 Å². The van der Waals surface area contributed by atoms with E-state index in [1.807, 2.05) is 31.0 Å². The number of nitrogens with zero attached hydrogens (tertiary/aromatic N) is 2. The molecular weight excluding hydrogens is 198 g/mol. The van der Waals surface area contributed by atoms with E-state index in [0.29, 0.717) is 0 Å². The van der Waals surface area contributed by atoms with E-state index in [1.165, 1.54) is 5.56 Å². The highest BCUT2D eigenvalue weighted by Gasteiger charge is 1.97. The van der Waals surface area contributed by atoms with Gasteiger partial charge in [0.15, 0.2) is 0 Å². The molecule has 0 spiro atoms. The molecule has 1 aromatic heterocycles. The molecule has 0 saturated carbocycles. The topological polar surface area (TPSA) is 29.9 Å². The van der Waals surface area contributed by atoms with Crippen LogP contribution in [0.4, 0.5) is 0 Å². The van der Waals surface area contributed by atoms with Crippen LogP contribution in [0.3, 0.4) is 0 Å². The summed E-state index contributed by atoms with van der Waals surface area (Å²) in [7, 11) is 1.93. The van der Waals surface area contributed by atoms with E-state index in [-0.39, 0.29) is 5.38 Å². The van der Waals surface area contributed by atoms with Gasteiger partial charge in [-0.2, -0.15) is 5.10 Å². The Hall–Kier alpha value is -0.540. The minimum absolute atomic E-state index is 0.287. The summed E-state index contributed by atoms with van der Waals surface area (Å²) < 4.78 is 1.82. The van der Waals surface area contributed by atoms with Gasteiger partial charge in [-0.1, -0.05) is 0 Å². The molecule has 0 amide bonds. The van der Waals surface area contributed by atoms with Crippen molar-refractivity contribution < 1.29 is 0 Å². The third kappa shape index (κ3) is 4.63. The number of hydrogen-bond acceptors (Lipinski definition) is 2. The molecule has 1 heterocycles. The lowest BCUT2D eigenvalue weighted by Gasteiger charge is -2.03. The molecule has 4 heteroatoms. The lowest BCUT2D eigenvalue weighted by atomic mass is 10.2. The Morgan fingerprint density at radius 2 is 2.43 bits per heavy atom. The predicted octanol–water partition coefficient (Wildman–Crippen LogP) is 1.92. The molecule has 0 aliphatic rings. The van der Waals surface area contributed by atoms with Crippen molar-refractivity contribution in [3.8, 4) is 0 Å². The van der Waals surface area contributed by atoms with Crippen molar-refractivity contribution in [3.05, 3.63) is 18.0 Å². The van der Waals surface area contributed by atoms with Crippen molar-refractivity contribution in [3.63, 3.8) is 0 Å². The SMILES string of the molecule is CC(Cl)CCCNCc1cnn(C)c1. The molecule has 0 aromatic carbocycles. The van der Waals surface area contributed by atoms with Crippen LogP contribution in [0.5, 0.6) is 0 Å². The first kappa shape index (κ1) is 11.5. The number of alkyl halides is 1. The van der Waals surface area contributed by atoms with Gasteiger partial charge in [0.05, 0.1) is 6.20 Å². The van der Waals surface area contributed by atoms with Gasteiger partial charge in [-0.3, -0.25) is 4.68 Å². The number of rotatable bonds is 6. The van der Waals surface area contributed by atoms with Crippen LogP contribution in [0.1, 0.15) is 25.3 Å². The van der Waals surface area contributed by atoms with E-state index in [0.717, 1.165) is 25.9 Å². The van der Waals surface area contributed by atoms with Crippen LogP contribution in [0.2, 0.25) is 0 Å². The second-order valence-corrected chi connectivity index (χ2v) is 4.37. The van der Waals surface area contributed by atoms with Gasteiger partial charge in [-0.25, -0.2) is 0 Å². The van der Waals surface area contributed by atoms with Gasteiger partial charge in [-0.15, -0.1) is 11.6 Å². The number of hydrogen-bond donors (Lipinski definition) is 1. The zero-order valence-electron chi connectivity index (χ0n) is 8.83. The molecule has 1 atom stereocenters. The average Bonchev–Trinajstić information content (AvgIpc) is 2.50. The van der Waals surface area contributed by atoms with Gasteiger partial charge in [0, 0.05) is 30.7 Å². The van der Waals surface area contributed by atoms with Crippen molar-refractivity contribution in [1.82, 2.24) is 15.1 Å². The van der Waals surface area contributed by atoms with Crippen LogP contribution in [0, 0.1) is 0 Å². The lowest BCUT2D eigenvalue weighted by molar-refractivity contribution is 0.619. The smallest absolute Gasteiger partial charge is 0.0534 e. The first-order valence-electron chi connectivity index (χ1n) is 5.01. The Balaban J connectivity index is 2.04. The summed E-state index contributed by atoms with van der Waals surface area (Å²) >= 11 is 5.84. The first-order chi connectivity index (χ1) is 6.68. The zero-order chi connectivity index (χ0) is 10.4. The third-order valence-corrected chi connectivity index (χ3v) is 2.26. The van der Waals surface area contributed by atoms with E-state index >= 15 is 0 Å². The summed E-state index contributed by atoms with van der Waals surface area (Å²) in [5.41, 5.74) is 1.23. The average molecular weight is 216 g/mol. The monoisotopic (exact) mass is 215 g/mol. The van der Waals surface area contributed by atoms with Crippen LogP contribution in [-0.2, 0) is 13.6 Å². The van der Waals surface area contributed by atoms with Crippen LogP contribution in [0.15, 0.2) is 12.4 Å². The highest BCUT2D eigenvalue weighted by atomic mass is 35.5. The highest BCUT2D eigenvalue weighted by Crippen LogP contribution is 2.02. The molecule has 14 heavy (non-hydrogen) atoms. The summed E-state index contributed by atoms with van der Waals surface area (Å²) in [6, 6.07) is 0. The molecule has 0 aliphatic carbocycles. The Morgan fingerprint density at radius 3 is 3.00 bits per heavy atom. The van der Waals surface area contributed by atoms with Gasteiger partial charge in [0.2, 0.25) is 0 Å². The molecule has 80 valence electrons. The summed E-state index contributed by atoms with van der Waals surface area (Å²) in [4.78, 5) is 0. The third-order valence-electron chi connectivity index (χ3n) is 2.04. The number of halogens is 1. The van der Waals surface area contributed by atoms with Gasteiger partial charge in [0.1, 0.15) is 0 Å². The molecule has 0 aliphatic heterocycles. The van der Waals surface area contributed by atoms with E-state index in [4.69, 9.17) is 11.6 Å². The highest BCUT2D eigenvalue weighted by molar-refractivity contribution is 6.20. The van der Waals surface area contributed by atoms with Crippen LogP contribution in [-0.4, -0.2) is 21.7 Å². The molecule has 0 saturated heterocycles. The minimum Gasteiger partial charge on any atom is -0.313 e. The first-order valence-corrected chi connectivity index (χ1v) is 5.44. The molecule has 0 fully saturated rings. The zero-order valence-corrected chi connectivity index (χ0v) is 9.59. The molecule has 1 N–H and O–H groups in total. The maximum Gasteiger partial charge on any atom is 0.0534 e. The van der Waals surface area contributed by atoms with Crippen LogP contribution in [0.25, 0.3) is 0 Å². The fourth-order valence-corrected chi connectivity index (χ4v) is 1.46. The summed E-state index contributed by atoms with van der Waals surface area (Å²) in [5.74, 6) is 0. The van der Waals surface area contributed by atoms with Crippen molar-refractivity contribution in [1.29, 1.82) is 0 Å². The maximum atomic E-state index is 5.84. The molecular formula is C10H18ClN3. The molecule has 0 bridgehead atoms. The number of aryl methyl sites for hydroxylation is 1. The molecule has 1 aromatic rings. The lowest BCUT2D eigenvalue weighted by Crippen LogP contribution is -2.15. The predicted molar refractivity (Wildman–Crippen MR) is 59.5 cm³/mol. The molecule has 1 rings (SSSR count). The normalized spacial score (nSPS) is 13.1. The van der Waals surface area contributed by atoms with Crippen LogP contribution >= 0.6 is 11.6 Å². The second-order valence-electron chi connectivity index (χ2n) is 3.62. The quantitative estimate of drug-likeness (QED) is 0.581. The number of aromatic nitrogens is 2. The van der Waals surface area contributed by atoms with E-state index in [1.54, 1.807) is 0 Å². The minimum atomic E-state index is 0.287. The van der Waals surface area contributed by atoms with Crippen molar-refractivity contribution in [2.45, 2.75) is 31.7 Å². The number of nitrogens with one attached hydrogen (secondary N) is 1. The molecule has 0 radical (unpaired) electrons. The van der Waals surface area contributed by atoms with Gasteiger partial charge in [-0.05, 0) is 26.3 Å². The second kappa shape index (κ2) is 6.04.